The van der Waals surface area contributed by atoms with Crippen molar-refractivity contribution in [3.05, 3.63) is 50.6 Å². The van der Waals surface area contributed by atoms with Gasteiger partial charge in [0, 0.05) is 15.7 Å². The molecule has 0 radical (unpaired) electrons. The van der Waals surface area contributed by atoms with Crippen LogP contribution in [0.25, 0.3) is 0 Å². The zero-order valence-electron chi connectivity index (χ0n) is 13.3. The zero-order valence-corrected chi connectivity index (χ0v) is 15.6. The molecule has 0 spiro atoms. The first-order valence-corrected chi connectivity index (χ1v) is 9.67. The maximum absolute atomic E-state index is 12.2. The van der Waals surface area contributed by atoms with Gasteiger partial charge in [-0.15, -0.1) is 11.3 Å². The monoisotopic (exact) mass is 385 g/mol. The Bertz CT molecular complexity index is 665. The van der Waals surface area contributed by atoms with E-state index < -0.39 is 0 Å². The highest BCUT2D eigenvalue weighted by atomic mass is 35.5. The maximum Gasteiger partial charge on any atom is 0.279 e. The van der Waals surface area contributed by atoms with Crippen molar-refractivity contribution in [1.29, 1.82) is 0 Å². The van der Waals surface area contributed by atoms with Gasteiger partial charge in [-0.3, -0.25) is 4.79 Å². The number of amides is 1. The Balaban J connectivity index is 1.44. The SMILES string of the molecule is O=C(C[NH+]1CC[NH+](Cc2cccs2)CC1)Nc1cc(Cl)cc(Cl)c1. The predicted octanol–water partition coefficient (Wildman–Crippen LogP) is 0.977. The molecular formula is C17H21Cl2N3OS+2. The topological polar surface area (TPSA) is 38.0 Å². The summed E-state index contributed by atoms with van der Waals surface area (Å²) in [7, 11) is 0. The molecule has 3 rings (SSSR count). The minimum Gasteiger partial charge on any atom is -0.321 e. The van der Waals surface area contributed by atoms with Crippen molar-refractivity contribution >= 4 is 46.1 Å². The number of carbonyl (C=O) groups is 1. The molecule has 3 N–H and O–H groups in total. The van der Waals surface area contributed by atoms with Crippen LogP contribution in [0.15, 0.2) is 35.7 Å². The third kappa shape index (κ3) is 5.19. The van der Waals surface area contributed by atoms with Gasteiger partial charge in [0.25, 0.3) is 5.91 Å². The van der Waals surface area contributed by atoms with Crippen LogP contribution in [-0.4, -0.2) is 38.6 Å². The van der Waals surface area contributed by atoms with E-state index in [-0.39, 0.29) is 5.91 Å². The molecule has 24 heavy (non-hydrogen) atoms. The highest BCUT2D eigenvalue weighted by Gasteiger charge is 2.25. The Morgan fingerprint density at radius 3 is 2.38 bits per heavy atom. The van der Waals surface area contributed by atoms with E-state index in [1.807, 2.05) is 11.3 Å². The molecule has 4 nitrogen and oxygen atoms in total. The third-order valence-electron chi connectivity index (χ3n) is 4.23. The molecule has 1 fully saturated rings. The summed E-state index contributed by atoms with van der Waals surface area (Å²) in [6.45, 7) is 5.82. The summed E-state index contributed by atoms with van der Waals surface area (Å²) >= 11 is 13.7. The average Bonchev–Trinajstić information content (AvgIpc) is 3.01. The van der Waals surface area contributed by atoms with Crippen LogP contribution in [0.2, 0.25) is 10.0 Å². The van der Waals surface area contributed by atoms with Crippen LogP contribution in [0.4, 0.5) is 5.69 Å². The fourth-order valence-corrected chi connectivity index (χ4v) is 4.33. The Labute approximate surface area is 156 Å². The van der Waals surface area contributed by atoms with Crippen LogP contribution in [0.1, 0.15) is 4.88 Å². The molecule has 0 saturated carbocycles. The minimum atomic E-state index is 0.00467. The van der Waals surface area contributed by atoms with Crippen LogP contribution < -0.4 is 15.1 Å². The minimum absolute atomic E-state index is 0.00467. The number of carbonyl (C=O) groups excluding carboxylic acids is 1. The standard InChI is InChI=1S/C17H19Cl2N3OS/c18-13-8-14(19)10-15(9-13)20-17(23)12-22-5-3-21(4-6-22)11-16-2-1-7-24-16/h1-2,7-10H,3-6,11-12H2,(H,20,23)/p+2. The van der Waals surface area contributed by atoms with E-state index in [4.69, 9.17) is 23.2 Å². The number of halogens is 2. The first-order chi connectivity index (χ1) is 11.6. The third-order valence-corrected chi connectivity index (χ3v) is 5.54. The second-order valence-corrected chi connectivity index (χ2v) is 8.04. The summed E-state index contributed by atoms with van der Waals surface area (Å²) < 4.78 is 0. The molecule has 0 bridgehead atoms. The quantitative estimate of drug-likeness (QED) is 0.704. The van der Waals surface area contributed by atoms with Crippen LogP contribution in [0, 0.1) is 0 Å². The number of hydrogen-bond acceptors (Lipinski definition) is 2. The van der Waals surface area contributed by atoms with Crippen molar-refractivity contribution in [2.24, 2.45) is 0 Å². The summed E-state index contributed by atoms with van der Waals surface area (Å²) in [5.74, 6) is 0.00467. The number of anilines is 1. The molecule has 1 amide bonds. The molecule has 0 unspecified atom stereocenters. The lowest BCUT2D eigenvalue weighted by molar-refractivity contribution is -1.01. The van der Waals surface area contributed by atoms with Crippen LogP contribution in [-0.2, 0) is 11.3 Å². The predicted molar refractivity (Wildman–Crippen MR) is 99.4 cm³/mol. The Morgan fingerprint density at radius 2 is 1.75 bits per heavy atom. The number of rotatable bonds is 5. The Kier molecular flexibility index (Phi) is 6.14. The second-order valence-electron chi connectivity index (χ2n) is 6.14. The van der Waals surface area contributed by atoms with E-state index in [9.17, 15) is 4.79 Å². The number of hydrogen-bond donors (Lipinski definition) is 3. The van der Waals surface area contributed by atoms with Gasteiger partial charge in [0.1, 0.15) is 32.7 Å². The zero-order chi connectivity index (χ0) is 16.9. The normalized spacial score (nSPS) is 20.8. The smallest absolute Gasteiger partial charge is 0.279 e. The van der Waals surface area contributed by atoms with Crippen molar-refractivity contribution in [1.82, 2.24) is 0 Å². The van der Waals surface area contributed by atoms with Gasteiger partial charge in [-0.25, -0.2) is 0 Å². The molecule has 2 aromatic rings. The number of benzene rings is 1. The van der Waals surface area contributed by atoms with E-state index in [2.05, 4.69) is 22.8 Å². The lowest BCUT2D eigenvalue weighted by Gasteiger charge is -2.29. The van der Waals surface area contributed by atoms with Gasteiger partial charge in [-0.2, -0.15) is 0 Å². The van der Waals surface area contributed by atoms with Crippen molar-refractivity contribution in [3.8, 4) is 0 Å². The van der Waals surface area contributed by atoms with Crippen molar-refractivity contribution in [3.63, 3.8) is 0 Å². The largest absolute Gasteiger partial charge is 0.321 e. The summed E-state index contributed by atoms with van der Waals surface area (Å²) in [5, 5.41) is 6.06. The van der Waals surface area contributed by atoms with E-state index in [0.717, 1.165) is 32.7 Å². The van der Waals surface area contributed by atoms with E-state index in [1.165, 1.54) is 9.78 Å². The molecule has 1 saturated heterocycles. The molecule has 1 aliphatic rings. The summed E-state index contributed by atoms with van der Waals surface area (Å²) in [6, 6.07) is 9.38. The number of piperazine rings is 1. The number of nitrogens with one attached hydrogen (secondary N) is 3. The fraction of sp³-hybridized carbons (Fsp3) is 0.353. The molecule has 1 aromatic heterocycles. The lowest BCUT2D eigenvalue weighted by atomic mass is 10.3. The fourth-order valence-electron chi connectivity index (χ4n) is 3.03. The van der Waals surface area contributed by atoms with Crippen LogP contribution in [0.3, 0.4) is 0 Å². The molecule has 128 valence electrons. The Morgan fingerprint density at radius 1 is 1.08 bits per heavy atom. The summed E-state index contributed by atoms with van der Waals surface area (Å²) in [5.41, 5.74) is 0.652. The average molecular weight is 386 g/mol. The molecule has 1 aromatic carbocycles. The van der Waals surface area contributed by atoms with Gasteiger partial charge in [-0.05, 0) is 29.6 Å². The summed E-state index contributed by atoms with van der Waals surface area (Å²) in [6.07, 6.45) is 0. The van der Waals surface area contributed by atoms with E-state index >= 15 is 0 Å². The second kappa shape index (κ2) is 8.32. The van der Waals surface area contributed by atoms with Crippen molar-refractivity contribution < 1.29 is 14.6 Å². The first-order valence-electron chi connectivity index (χ1n) is 8.04. The molecule has 2 heterocycles. The summed E-state index contributed by atoms with van der Waals surface area (Å²) in [4.78, 5) is 16.6. The molecular weight excluding hydrogens is 365 g/mol. The molecule has 1 aliphatic heterocycles. The number of thiophene rings is 1. The van der Waals surface area contributed by atoms with Crippen molar-refractivity contribution in [2.45, 2.75) is 6.54 Å². The van der Waals surface area contributed by atoms with Crippen LogP contribution >= 0.6 is 34.5 Å². The maximum atomic E-state index is 12.2. The van der Waals surface area contributed by atoms with Gasteiger partial charge >= 0.3 is 0 Å². The Hall–Kier alpha value is -1.11. The molecule has 0 atom stereocenters. The lowest BCUT2D eigenvalue weighted by Crippen LogP contribution is -3.28. The van der Waals surface area contributed by atoms with Crippen molar-refractivity contribution in [2.75, 3.05) is 38.0 Å². The van der Waals surface area contributed by atoms with E-state index in [0.29, 0.717) is 22.3 Å². The van der Waals surface area contributed by atoms with E-state index in [1.54, 1.807) is 23.1 Å². The molecule has 7 heteroatoms. The highest BCUT2D eigenvalue weighted by Crippen LogP contribution is 2.22. The molecule has 0 aliphatic carbocycles. The number of quaternary nitrogens is 2. The van der Waals surface area contributed by atoms with Crippen LogP contribution in [0.5, 0.6) is 0 Å². The van der Waals surface area contributed by atoms with Gasteiger partial charge in [0.2, 0.25) is 0 Å². The van der Waals surface area contributed by atoms with Gasteiger partial charge in [-0.1, -0.05) is 29.3 Å². The van der Waals surface area contributed by atoms with Gasteiger partial charge in [0.15, 0.2) is 6.54 Å². The van der Waals surface area contributed by atoms with Gasteiger partial charge < -0.3 is 15.1 Å². The highest BCUT2D eigenvalue weighted by molar-refractivity contribution is 7.09. The van der Waals surface area contributed by atoms with Gasteiger partial charge in [0.05, 0.1) is 4.88 Å². The first kappa shape index (κ1) is 17.7.